The molecule has 15 aromatic rings. The van der Waals surface area contributed by atoms with Crippen LogP contribution in [-0.2, 0) is 53.6 Å². The summed E-state index contributed by atoms with van der Waals surface area (Å²) in [6.45, 7) is 31.3. The summed E-state index contributed by atoms with van der Waals surface area (Å²) in [5, 5.41) is 7.61. The molecule has 12 aromatic carbocycles. The van der Waals surface area contributed by atoms with Crippen LogP contribution >= 0.6 is 0 Å². The van der Waals surface area contributed by atoms with E-state index in [0.717, 1.165) is 44.3 Å². The molecular weight excluding hydrogens is 1390 g/mol. The molecule has 3 heteroatoms. The third-order valence-corrected chi connectivity index (χ3v) is 28.4. The van der Waals surface area contributed by atoms with Gasteiger partial charge < -0.3 is 0 Å². The van der Waals surface area contributed by atoms with Crippen molar-refractivity contribution >= 4 is 32.3 Å². The van der Waals surface area contributed by atoms with Crippen molar-refractivity contribution in [1.82, 2.24) is 0 Å². The molecular formula is C112H116N3+3. The van der Waals surface area contributed by atoms with Gasteiger partial charge in [-0.2, -0.15) is 0 Å². The van der Waals surface area contributed by atoms with Crippen LogP contribution in [0.15, 0.2) is 249 Å². The smallest absolute Gasteiger partial charge is 0.201 e. The van der Waals surface area contributed by atoms with Gasteiger partial charge in [0.15, 0.2) is 18.6 Å². The van der Waals surface area contributed by atoms with E-state index in [0.29, 0.717) is 11.3 Å². The maximum absolute atomic E-state index is 8.42. The van der Waals surface area contributed by atoms with Crippen LogP contribution < -0.4 is 13.7 Å². The van der Waals surface area contributed by atoms with Crippen LogP contribution in [0, 0.1) is 68.9 Å². The normalized spacial score (nSPS) is 17.2. The number of aryl methyl sites for hydroxylation is 13. The van der Waals surface area contributed by atoms with Crippen LogP contribution in [0.25, 0.3) is 133 Å². The Morgan fingerprint density at radius 1 is 0.235 bits per heavy atom. The summed E-state index contributed by atoms with van der Waals surface area (Å²) in [6, 6.07) is 80.4. The minimum atomic E-state index is -2.69. The van der Waals surface area contributed by atoms with Crippen molar-refractivity contribution in [3.8, 4) is 101 Å². The van der Waals surface area contributed by atoms with E-state index in [2.05, 4.69) is 329 Å². The second kappa shape index (κ2) is 28.1. The molecule has 576 valence electrons. The largest absolute Gasteiger partial charge is 0.213 e. The molecule has 3 heterocycles. The first kappa shape index (κ1) is 64.2. The van der Waals surface area contributed by atoms with Gasteiger partial charge in [0.2, 0.25) is 17.1 Å². The zero-order valence-electron chi connectivity index (χ0n) is 83.0. The minimum Gasteiger partial charge on any atom is -0.201 e. The molecule has 0 radical (unpaired) electrons. The van der Waals surface area contributed by atoms with Crippen LogP contribution in [0.3, 0.4) is 0 Å². The van der Waals surface area contributed by atoms with E-state index < -0.39 is 27.4 Å². The number of rotatable bonds is 6. The van der Waals surface area contributed by atoms with E-state index in [4.69, 9.17) is 16.4 Å². The standard InChI is InChI=1S/C38H40N.2C37H38N/c1-23-13-12-14-24(2)35(23)30-21-34(39(9)22-26(30)4)29-20-33-31(19-25(29)3)36-28-16-11-10-15-27(28)17-18-32(36)37(5,6)38(33,7)8;1-23-13-9-12-16-28(23)32-22-38(8)35(18-25(32)3)29-21-34-30(17-24(29)2)31-19-26-14-10-11-15-27(26)20-33(31)36(4,5)37(34,6)7;1-23-13-15-27(16-14-23)32-22-38(8)34(20-25(32)3)30-21-33-31(19-24(30)2)29-18-17-26-11-9-10-12-28(26)35(29)37(6,7)36(33,4)5/h10-22H,1-9H3;2*9-22H,1-8H3/q3*+1/i1D3,2D3,4D3;;1D3. The van der Waals surface area contributed by atoms with Gasteiger partial charge in [-0.05, 0) is 292 Å². The Morgan fingerprint density at radius 3 is 1.23 bits per heavy atom. The van der Waals surface area contributed by atoms with Crippen LogP contribution in [0.5, 0.6) is 0 Å². The molecule has 0 N–H and O–H groups in total. The third kappa shape index (κ3) is 12.5. The molecule has 0 amide bonds. The molecule has 18 rings (SSSR count). The lowest BCUT2D eigenvalue weighted by molar-refractivity contribution is -0.660. The Bertz CT molecular complexity index is 7010. The van der Waals surface area contributed by atoms with Gasteiger partial charge in [0.1, 0.15) is 21.1 Å². The topological polar surface area (TPSA) is 11.6 Å². The first-order valence-electron chi connectivity index (χ1n) is 46.7. The molecule has 0 fully saturated rings. The van der Waals surface area contributed by atoms with Crippen molar-refractivity contribution in [2.24, 2.45) is 21.1 Å². The molecule has 3 aliphatic rings. The molecule has 3 aliphatic carbocycles. The van der Waals surface area contributed by atoms with Crippen molar-refractivity contribution in [2.75, 3.05) is 0 Å². The van der Waals surface area contributed by atoms with E-state index in [-0.39, 0.29) is 60.3 Å². The van der Waals surface area contributed by atoms with Crippen LogP contribution in [0.2, 0.25) is 0 Å². The van der Waals surface area contributed by atoms with Gasteiger partial charge in [-0.3, -0.25) is 0 Å². The molecule has 3 aromatic heterocycles. The Labute approximate surface area is 703 Å². The van der Waals surface area contributed by atoms with Gasteiger partial charge in [0.05, 0.1) is 0 Å². The number of nitrogens with zero attached hydrogens (tertiary/aromatic N) is 3. The fraction of sp³-hybridized carbons (Fsp3) is 0.277. The van der Waals surface area contributed by atoms with Gasteiger partial charge in [-0.25, -0.2) is 13.7 Å². The highest BCUT2D eigenvalue weighted by Gasteiger charge is 2.50. The number of hydrogen-bond acceptors (Lipinski definition) is 0. The maximum atomic E-state index is 8.42. The fourth-order valence-corrected chi connectivity index (χ4v) is 19.5. The molecule has 115 heavy (non-hydrogen) atoms. The molecule has 0 unspecified atom stereocenters. The zero-order valence-corrected chi connectivity index (χ0v) is 71.0. The SMILES string of the molecule is Cc1ccccc1-c1c[n+](C)c(-c2cc3c(cc2C)-c2cc4ccccc4cc2C(C)(C)C3(C)C)cc1C.[2H]C([2H])([2H])c1c[n+](C)c(-c2cc3c(cc2C)-c2c(ccc4ccccc24)C(C)(C)C3(C)C)cc1-c1c(C([2H])([2H])[2H])cccc1C([2H])([2H])[2H].[2H]C([2H])([2H])c1ccc(-c2c[n+](C)c(-c3cc4c(cc3C)-c3ccc5ccccc5c3C(C)(C)C4(C)C)cc2C)cc1. The van der Waals surface area contributed by atoms with Crippen molar-refractivity contribution < 1.29 is 30.2 Å². The van der Waals surface area contributed by atoms with Gasteiger partial charge in [-0.1, -0.05) is 271 Å². The molecule has 3 nitrogen and oxygen atoms in total. The van der Waals surface area contributed by atoms with Crippen LogP contribution in [-0.4, -0.2) is 0 Å². The highest BCUT2D eigenvalue weighted by Crippen LogP contribution is 2.60. The quantitative estimate of drug-likeness (QED) is 0.147. The van der Waals surface area contributed by atoms with Crippen LogP contribution in [0.1, 0.15) is 189 Å². The predicted octanol–water partition coefficient (Wildman–Crippen LogP) is 27.8. The summed E-state index contributed by atoms with van der Waals surface area (Å²) in [7, 11) is 6.06. The summed E-state index contributed by atoms with van der Waals surface area (Å²) < 4.78 is 104. The highest BCUT2D eigenvalue weighted by atomic mass is 14.9. The van der Waals surface area contributed by atoms with Crippen molar-refractivity contribution in [2.45, 2.75) is 185 Å². The third-order valence-electron chi connectivity index (χ3n) is 28.4. The summed E-state index contributed by atoms with van der Waals surface area (Å²) in [4.78, 5) is 0. The summed E-state index contributed by atoms with van der Waals surface area (Å²) in [5.74, 6) is 0. The van der Waals surface area contributed by atoms with E-state index in [9.17, 15) is 0 Å². The first-order chi connectivity index (χ1) is 59.3. The van der Waals surface area contributed by atoms with Crippen molar-refractivity contribution in [3.63, 3.8) is 0 Å². The van der Waals surface area contributed by atoms with E-state index in [1.807, 2.05) is 25.1 Å². The van der Waals surface area contributed by atoms with Crippen molar-refractivity contribution in [3.05, 3.63) is 338 Å². The van der Waals surface area contributed by atoms with E-state index in [1.54, 1.807) is 29.8 Å². The summed E-state index contributed by atoms with van der Waals surface area (Å²) in [6.07, 6.45) is 5.97. The monoisotopic (exact) mass is 1510 g/mol. The molecule has 0 saturated carbocycles. The van der Waals surface area contributed by atoms with Gasteiger partial charge >= 0.3 is 0 Å². The fourth-order valence-electron chi connectivity index (χ4n) is 19.5. The van der Waals surface area contributed by atoms with E-state index >= 15 is 0 Å². The number of aromatic nitrogens is 3. The Hall–Kier alpha value is -11.1. The predicted molar refractivity (Wildman–Crippen MR) is 490 cm³/mol. The molecule has 0 aliphatic heterocycles. The lowest BCUT2D eigenvalue weighted by Gasteiger charge is -2.49. The lowest BCUT2D eigenvalue weighted by atomic mass is 9.54. The Kier molecular flexibility index (Phi) is 15.7. The molecule has 0 atom stereocenters. The number of benzene rings is 12. The first-order valence-corrected chi connectivity index (χ1v) is 40.7. The van der Waals surface area contributed by atoms with Gasteiger partial charge in [0, 0.05) is 73.4 Å². The Balaban J connectivity index is 0.000000141. The zero-order chi connectivity index (χ0) is 91.8. The number of pyridine rings is 3. The molecule has 0 bridgehead atoms. The summed E-state index contributed by atoms with van der Waals surface area (Å²) in [5.41, 5.74) is 33.5. The van der Waals surface area contributed by atoms with Gasteiger partial charge in [-0.15, -0.1) is 0 Å². The summed E-state index contributed by atoms with van der Waals surface area (Å²) >= 11 is 0. The minimum absolute atomic E-state index is 0.0152. The Morgan fingerprint density at radius 2 is 0.652 bits per heavy atom. The maximum Gasteiger partial charge on any atom is 0.213 e. The molecule has 0 saturated heterocycles. The van der Waals surface area contributed by atoms with Gasteiger partial charge in [0.25, 0.3) is 0 Å². The lowest BCUT2D eigenvalue weighted by Crippen LogP contribution is -2.44. The number of fused-ring (bicyclic) bond motifs is 14. The average Bonchev–Trinajstić information content (AvgIpc) is 0.703. The second-order valence-corrected chi connectivity index (χ2v) is 36.5. The van der Waals surface area contributed by atoms with E-state index in [1.165, 1.54) is 163 Å². The average molecular weight is 1520 g/mol. The second-order valence-electron chi connectivity index (χ2n) is 36.5. The van der Waals surface area contributed by atoms with Crippen LogP contribution in [0.4, 0.5) is 0 Å². The van der Waals surface area contributed by atoms with Crippen molar-refractivity contribution in [1.29, 1.82) is 0 Å². The number of hydrogen-bond donors (Lipinski definition) is 0. The molecule has 0 spiro atoms. The highest BCUT2D eigenvalue weighted by molar-refractivity contribution is 6.02.